The van der Waals surface area contributed by atoms with Crippen LogP contribution in [0.25, 0.3) is 0 Å². The zero-order chi connectivity index (χ0) is 14.0. The fraction of sp³-hybridized carbons (Fsp3) is 0.333. The van der Waals surface area contributed by atoms with E-state index in [-0.39, 0.29) is 23.0 Å². The highest BCUT2D eigenvalue weighted by Gasteiger charge is 2.23. The van der Waals surface area contributed by atoms with Gasteiger partial charge in [0.05, 0.1) is 0 Å². The molecule has 1 heterocycles. The molecule has 1 aliphatic heterocycles. The summed E-state index contributed by atoms with van der Waals surface area (Å²) in [4.78, 5) is 22.7. The molecule has 19 heavy (non-hydrogen) atoms. The van der Waals surface area contributed by atoms with Crippen LogP contribution < -0.4 is 10.6 Å². The van der Waals surface area contributed by atoms with Crippen molar-refractivity contribution in [3.63, 3.8) is 0 Å². The Morgan fingerprint density at radius 1 is 1.42 bits per heavy atom. The lowest BCUT2D eigenvalue weighted by molar-refractivity contribution is -0.119. The topological polar surface area (TPSA) is 58.2 Å². The summed E-state index contributed by atoms with van der Waals surface area (Å²) in [6.45, 7) is 0.152. The molecule has 1 aromatic carbocycles. The minimum absolute atomic E-state index is 0.0831. The van der Waals surface area contributed by atoms with Crippen molar-refractivity contribution in [2.45, 2.75) is 18.9 Å². The van der Waals surface area contributed by atoms with Gasteiger partial charge in [0, 0.05) is 23.5 Å². The molecule has 102 valence electrons. The van der Waals surface area contributed by atoms with E-state index in [1.165, 1.54) is 0 Å². The fourth-order valence-corrected chi connectivity index (χ4v) is 2.30. The molecular weight excluding hydrogens is 322 g/mol. The van der Waals surface area contributed by atoms with Crippen LogP contribution in [0.1, 0.15) is 23.2 Å². The first-order valence-electron chi connectivity index (χ1n) is 5.69. The number of benzene rings is 1. The van der Waals surface area contributed by atoms with E-state index in [9.17, 15) is 18.4 Å². The van der Waals surface area contributed by atoms with Crippen molar-refractivity contribution < 1.29 is 18.4 Å². The second kappa shape index (κ2) is 5.64. The molecule has 1 atom stereocenters. The number of hydrogen-bond donors (Lipinski definition) is 2. The molecule has 0 bridgehead atoms. The summed E-state index contributed by atoms with van der Waals surface area (Å²) < 4.78 is 27.3. The Morgan fingerprint density at radius 2 is 2.05 bits per heavy atom. The predicted octanol–water partition coefficient (Wildman–Crippen LogP) is 1.74. The summed E-state index contributed by atoms with van der Waals surface area (Å²) in [6, 6.07) is 1.86. The van der Waals surface area contributed by atoms with Crippen molar-refractivity contribution in [2.24, 2.45) is 0 Å². The number of carbonyl (C=O) groups is 2. The third-order valence-electron chi connectivity index (χ3n) is 2.83. The summed E-state index contributed by atoms with van der Waals surface area (Å²) in [5, 5.41) is 5.06. The highest BCUT2D eigenvalue weighted by molar-refractivity contribution is 9.10. The van der Waals surface area contributed by atoms with Crippen LogP contribution in [0.4, 0.5) is 8.78 Å². The molecule has 2 rings (SSSR count). The van der Waals surface area contributed by atoms with Gasteiger partial charge < -0.3 is 10.6 Å². The fourth-order valence-electron chi connectivity index (χ4n) is 1.89. The maximum absolute atomic E-state index is 13.5. The first-order chi connectivity index (χ1) is 8.97. The zero-order valence-corrected chi connectivity index (χ0v) is 11.4. The van der Waals surface area contributed by atoms with E-state index < -0.39 is 23.1 Å². The molecule has 2 N–H and O–H groups in total. The predicted molar refractivity (Wildman–Crippen MR) is 67.6 cm³/mol. The number of rotatable bonds is 3. The Hall–Kier alpha value is -1.50. The average molecular weight is 333 g/mol. The monoisotopic (exact) mass is 332 g/mol. The van der Waals surface area contributed by atoms with E-state index in [0.717, 1.165) is 12.1 Å². The van der Waals surface area contributed by atoms with E-state index in [4.69, 9.17) is 0 Å². The van der Waals surface area contributed by atoms with Crippen LogP contribution in [0.5, 0.6) is 0 Å². The largest absolute Gasteiger partial charge is 0.352 e. The Kier molecular flexibility index (Phi) is 4.14. The van der Waals surface area contributed by atoms with Crippen LogP contribution in [-0.2, 0) is 4.79 Å². The molecule has 1 saturated heterocycles. The second-order valence-electron chi connectivity index (χ2n) is 4.26. The van der Waals surface area contributed by atoms with E-state index in [1.807, 2.05) is 0 Å². The SMILES string of the molecule is O=C1CCC(CNC(=O)c2c(F)cc(Br)cc2F)N1. The minimum atomic E-state index is -0.931. The summed E-state index contributed by atoms with van der Waals surface area (Å²) in [6.07, 6.45) is 1.01. The number of halogens is 3. The molecule has 0 aromatic heterocycles. The van der Waals surface area contributed by atoms with Crippen LogP contribution >= 0.6 is 15.9 Å². The Morgan fingerprint density at radius 3 is 2.58 bits per heavy atom. The molecule has 4 nitrogen and oxygen atoms in total. The molecule has 0 spiro atoms. The number of hydrogen-bond acceptors (Lipinski definition) is 2. The van der Waals surface area contributed by atoms with E-state index in [2.05, 4.69) is 26.6 Å². The van der Waals surface area contributed by atoms with Gasteiger partial charge >= 0.3 is 0 Å². The van der Waals surface area contributed by atoms with Crippen molar-refractivity contribution in [1.82, 2.24) is 10.6 Å². The molecule has 0 aliphatic carbocycles. The normalized spacial score (nSPS) is 18.3. The second-order valence-corrected chi connectivity index (χ2v) is 5.17. The van der Waals surface area contributed by atoms with Crippen LogP contribution in [0.2, 0.25) is 0 Å². The van der Waals surface area contributed by atoms with Crippen molar-refractivity contribution in [1.29, 1.82) is 0 Å². The van der Waals surface area contributed by atoms with Gasteiger partial charge in [-0.1, -0.05) is 15.9 Å². The van der Waals surface area contributed by atoms with Gasteiger partial charge in [-0.2, -0.15) is 0 Å². The van der Waals surface area contributed by atoms with Crippen LogP contribution in [0, 0.1) is 11.6 Å². The van der Waals surface area contributed by atoms with Gasteiger partial charge in [0.1, 0.15) is 17.2 Å². The zero-order valence-electron chi connectivity index (χ0n) is 9.80. The smallest absolute Gasteiger partial charge is 0.257 e. The molecule has 1 aromatic rings. The van der Waals surface area contributed by atoms with Crippen molar-refractivity contribution in [3.8, 4) is 0 Å². The third kappa shape index (κ3) is 3.28. The maximum atomic E-state index is 13.5. The molecule has 1 fully saturated rings. The van der Waals surface area contributed by atoms with Crippen LogP contribution in [-0.4, -0.2) is 24.4 Å². The Bertz CT molecular complexity index is 513. The van der Waals surface area contributed by atoms with Crippen LogP contribution in [0.3, 0.4) is 0 Å². The third-order valence-corrected chi connectivity index (χ3v) is 3.29. The standard InChI is InChI=1S/C12H11BrF2N2O2/c13-6-3-8(14)11(9(15)4-6)12(19)16-5-7-1-2-10(18)17-7/h3-4,7H,1-2,5H2,(H,16,19)(H,17,18). The number of carbonyl (C=O) groups excluding carboxylic acids is 2. The Balaban J connectivity index is 2.02. The lowest BCUT2D eigenvalue weighted by Crippen LogP contribution is -2.38. The van der Waals surface area contributed by atoms with Gasteiger partial charge in [0.25, 0.3) is 5.91 Å². The maximum Gasteiger partial charge on any atom is 0.257 e. The van der Waals surface area contributed by atoms with E-state index >= 15 is 0 Å². The molecule has 1 unspecified atom stereocenters. The van der Waals surface area contributed by atoms with E-state index in [1.54, 1.807) is 0 Å². The average Bonchev–Trinajstić information content (AvgIpc) is 2.71. The summed E-state index contributed by atoms with van der Waals surface area (Å²) in [5.74, 6) is -2.77. The summed E-state index contributed by atoms with van der Waals surface area (Å²) >= 11 is 2.94. The first-order valence-corrected chi connectivity index (χ1v) is 6.49. The van der Waals surface area contributed by atoms with Gasteiger partial charge in [0.2, 0.25) is 5.91 Å². The summed E-state index contributed by atoms with van der Waals surface area (Å²) in [7, 11) is 0. The Labute approximate surface area is 116 Å². The first kappa shape index (κ1) is 13.9. The molecule has 0 saturated carbocycles. The molecule has 1 aliphatic rings. The van der Waals surface area contributed by atoms with Crippen molar-refractivity contribution in [2.75, 3.05) is 6.54 Å². The lowest BCUT2D eigenvalue weighted by atomic mass is 10.1. The summed E-state index contributed by atoms with van der Waals surface area (Å²) in [5.41, 5.74) is -0.618. The highest BCUT2D eigenvalue weighted by Crippen LogP contribution is 2.19. The minimum Gasteiger partial charge on any atom is -0.352 e. The van der Waals surface area contributed by atoms with Crippen LogP contribution in [0.15, 0.2) is 16.6 Å². The molecule has 0 radical (unpaired) electrons. The van der Waals surface area contributed by atoms with Gasteiger partial charge in [-0.05, 0) is 18.6 Å². The van der Waals surface area contributed by atoms with Crippen molar-refractivity contribution in [3.05, 3.63) is 33.8 Å². The number of amides is 2. The van der Waals surface area contributed by atoms with E-state index in [0.29, 0.717) is 12.8 Å². The van der Waals surface area contributed by atoms with Gasteiger partial charge in [0.15, 0.2) is 0 Å². The van der Waals surface area contributed by atoms with Crippen molar-refractivity contribution >= 4 is 27.7 Å². The van der Waals surface area contributed by atoms with Gasteiger partial charge in [-0.3, -0.25) is 9.59 Å². The van der Waals surface area contributed by atoms with Gasteiger partial charge in [-0.25, -0.2) is 8.78 Å². The molecule has 2 amide bonds. The molecule has 7 heteroatoms. The molecular formula is C12H11BrF2N2O2. The lowest BCUT2D eigenvalue weighted by Gasteiger charge is -2.12. The quantitative estimate of drug-likeness (QED) is 0.885. The number of nitrogens with one attached hydrogen (secondary N) is 2. The van der Waals surface area contributed by atoms with Gasteiger partial charge in [-0.15, -0.1) is 0 Å². The highest BCUT2D eigenvalue weighted by atomic mass is 79.9.